The summed E-state index contributed by atoms with van der Waals surface area (Å²) in [5.74, 6) is 0.458. The van der Waals surface area contributed by atoms with Crippen LogP contribution in [-0.4, -0.2) is 13.0 Å². The van der Waals surface area contributed by atoms with Crippen LogP contribution in [0.2, 0.25) is 0 Å². The van der Waals surface area contributed by atoms with E-state index in [1.165, 1.54) is 6.07 Å². The number of hydrogen-bond acceptors (Lipinski definition) is 2. The van der Waals surface area contributed by atoms with Gasteiger partial charge >= 0.3 is 0 Å². The van der Waals surface area contributed by atoms with Crippen LogP contribution in [0.3, 0.4) is 0 Å². The summed E-state index contributed by atoms with van der Waals surface area (Å²) < 4.78 is 19.4. The average Bonchev–Trinajstić information content (AvgIpc) is 2.66. The van der Waals surface area contributed by atoms with Crippen LogP contribution in [-0.2, 0) is 16.1 Å². The molecule has 0 radical (unpaired) electrons. The molecule has 2 aromatic rings. The molecule has 0 N–H and O–H groups in total. The predicted molar refractivity (Wildman–Crippen MR) is 93.0 cm³/mol. The molecule has 0 aliphatic carbocycles. The lowest BCUT2D eigenvalue weighted by Gasteiger charge is -2.23. The smallest absolute Gasteiger partial charge is 0.231 e. The number of aryl methyl sites for hydroxylation is 1. The molecule has 1 heterocycles. The summed E-state index contributed by atoms with van der Waals surface area (Å²) in [4.78, 5) is 14.5. The third kappa shape index (κ3) is 2.92. The van der Waals surface area contributed by atoms with Gasteiger partial charge in [-0.15, -0.1) is 0 Å². The molecule has 124 valence electrons. The monoisotopic (exact) mass is 325 g/mol. The zero-order valence-corrected chi connectivity index (χ0v) is 14.1. The number of carbonyl (C=O) groups is 1. The van der Waals surface area contributed by atoms with Crippen molar-refractivity contribution in [1.82, 2.24) is 0 Å². The Morgan fingerprint density at radius 1 is 1.17 bits per heavy atom. The van der Waals surface area contributed by atoms with E-state index in [-0.39, 0.29) is 18.1 Å². The van der Waals surface area contributed by atoms with Crippen LogP contribution in [0.5, 0.6) is 0 Å². The Bertz CT molecular complexity index is 826. The van der Waals surface area contributed by atoms with Crippen LogP contribution in [0.4, 0.5) is 10.1 Å². The van der Waals surface area contributed by atoms with Crippen molar-refractivity contribution in [2.45, 2.75) is 26.8 Å². The maximum atomic E-state index is 13.9. The number of fused-ring (bicyclic) bond motifs is 1. The highest BCUT2D eigenvalue weighted by Crippen LogP contribution is 2.35. The van der Waals surface area contributed by atoms with Crippen LogP contribution < -0.4 is 4.90 Å². The molecule has 0 bridgehead atoms. The summed E-state index contributed by atoms with van der Waals surface area (Å²) in [6.07, 6.45) is 0.284. The van der Waals surface area contributed by atoms with Crippen molar-refractivity contribution in [3.63, 3.8) is 0 Å². The predicted octanol–water partition coefficient (Wildman–Crippen LogP) is 4.45. The highest BCUT2D eigenvalue weighted by atomic mass is 19.1. The van der Waals surface area contributed by atoms with E-state index in [2.05, 4.69) is 0 Å². The number of carbonyl (C=O) groups excluding carboxylic acids is 1. The quantitative estimate of drug-likeness (QED) is 0.834. The number of anilines is 1. The number of halogens is 1. The first-order valence-electron chi connectivity index (χ1n) is 7.89. The van der Waals surface area contributed by atoms with E-state index in [4.69, 9.17) is 4.74 Å². The molecule has 0 saturated heterocycles. The molecule has 0 saturated carbocycles. The summed E-state index contributed by atoms with van der Waals surface area (Å²) in [7, 11) is 1.62. The molecule has 0 atom stereocenters. The number of ether oxygens (including phenoxy) is 1. The number of benzene rings is 2. The lowest BCUT2D eigenvalue weighted by molar-refractivity contribution is -0.118. The standard InChI is InChI=1S/C20H20FNO2/c1-13-8-9-15(11-17(13)21)12-22-18-7-5-4-6-16(18)20(24-3)14(2)10-19(22)23/h4-9,11H,10,12H2,1-3H3. The molecule has 3 nitrogen and oxygen atoms in total. The first-order valence-corrected chi connectivity index (χ1v) is 7.89. The fraction of sp³-hybridized carbons (Fsp3) is 0.250. The number of methoxy groups -OCH3 is 1. The Morgan fingerprint density at radius 3 is 2.62 bits per heavy atom. The lowest BCUT2D eigenvalue weighted by atomic mass is 10.1. The molecule has 0 spiro atoms. The fourth-order valence-corrected chi connectivity index (χ4v) is 3.04. The van der Waals surface area contributed by atoms with Gasteiger partial charge in [0.1, 0.15) is 11.6 Å². The van der Waals surface area contributed by atoms with Crippen molar-refractivity contribution in [2.24, 2.45) is 0 Å². The number of hydrogen-bond donors (Lipinski definition) is 0. The Kier molecular flexibility index (Phi) is 4.38. The van der Waals surface area contributed by atoms with Gasteiger partial charge in [-0.05, 0) is 48.7 Å². The maximum Gasteiger partial charge on any atom is 0.231 e. The SMILES string of the molecule is COC1=C(C)CC(=O)N(Cc2ccc(C)c(F)c2)c2ccccc21. The fourth-order valence-electron chi connectivity index (χ4n) is 3.04. The van der Waals surface area contributed by atoms with Crippen molar-refractivity contribution in [3.8, 4) is 0 Å². The van der Waals surface area contributed by atoms with Crippen LogP contribution in [0.15, 0.2) is 48.0 Å². The summed E-state index contributed by atoms with van der Waals surface area (Å²) >= 11 is 0. The molecule has 3 rings (SSSR count). The first kappa shape index (κ1) is 16.2. The third-order valence-corrected chi connectivity index (χ3v) is 4.33. The highest BCUT2D eigenvalue weighted by Gasteiger charge is 2.26. The van der Waals surface area contributed by atoms with E-state index in [1.54, 1.807) is 25.0 Å². The summed E-state index contributed by atoms with van der Waals surface area (Å²) in [6, 6.07) is 12.7. The molecule has 2 aromatic carbocycles. The molecule has 4 heteroatoms. The van der Waals surface area contributed by atoms with E-state index < -0.39 is 0 Å². The van der Waals surface area contributed by atoms with Gasteiger partial charge in [-0.1, -0.05) is 24.3 Å². The average molecular weight is 325 g/mol. The molecule has 1 amide bonds. The van der Waals surface area contributed by atoms with Gasteiger partial charge in [-0.3, -0.25) is 4.79 Å². The minimum absolute atomic E-state index is 0.0204. The van der Waals surface area contributed by atoms with E-state index in [1.807, 2.05) is 37.3 Å². The maximum absolute atomic E-state index is 13.9. The van der Waals surface area contributed by atoms with Crippen LogP contribution >= 0.6 is 0 Å². The van der Waals surface area contributed by atoms with Crippen molar-refractivity contribution in [3.05, 3.63) is 70.5 Å². The Labute approximate surface area is 141 Å². The topological polar surface area (TPSA) is 29.5 Å². The van der Waals surface area contributed by atoms with Gasteiger partial charge in [-0.2, -0.15) is 0 Å². The number of nitrogens with zero attached hydrogens (tertiary/aromatic N) is 1. The molecule has 0 aromatic heterocycles. The van der Waals surface area contributed by atoms with Crippen LogP contribution in [0.25, 0.3) is 5.76 Å². The van der Waals surface area contributed by atoms with Crippen molar-refractivity contribution < 1.29 is 13.9 Å². The molecule has 1 aliphatic rings. The van der Waals surface area contributed by atoms with E-state index >= 15 is 0 Å². The Morgan fingerprint density at radius 2 is 1.92 bits per heavy atom. The molecule has 0 fully saturated rings. The van der Waals surface area contributed by atoms with Gasteiger partial charge < -0.3 is 9.64 Å². The molecular formula is C20H20FNO2. The van der Waals surface area contributed by atoms with E-state index in [0.717, 1.165) is 28.1 Å². The second kappa shape index (κ2) is 6.48. The zero-order chi connectivity index (χ0) is 17.3. The molecular weight excluding hydrogens is 305 g/mol. The van der Waals surface area contributed by atoms with Crippen molar-refractivity contribution >= 4 is 17.4 Å². The number of rotatable bonds is 3. The van der Waals surface area contributed by atoms with Crippen LogP contribution in [0.1, 0.15) is 30.0 Å². The van der Waals surface area contributed by atoms with Gasteiger partial charge in [0, 0.05) is 5.56 Å². The van der Waals surface area contributed by atoms with Gasteiger partial charge in [-0.25, -0.2) is 4.39 Å². The van der Waals surface area contributed by atoms with E-state index in [0.29, 0.717) is 12.1 Å². The summed E-state index contributed by atoms with van der Waals surface area (Å²) in [6.45, 7) is 3.96. The van der Waals surface area contributed by atoms with Crippen molar-refractivity contribution in [2.75, 3.05) is 12.0 Å². The lowest BCUT2D eigenvalue weighted by Crippen LogP contribution is -2.30. The highest BCUT2D eigenvalue weighted by molar-refractivity contribution is 6.00. The van der Waals surface area contributed by atoms with Gasteiger partial charge in [0.25, 0.3) is 0 Å². The third-order valence-electron chi connectivity index (χ3n) is 4.33. The minimum Gasteiger partial charge on any atom is -0.496 e. The summed E-state index contributed by atoms with van der Waals surface area (Å²) in [5.41, 5.74) is 3.93. The molecule has 24 heavy (non-hydrogen) atoms. The van der Waals surface area contributed by atoms with Gasteiger partial charge in [0.05, 0.1) is 25.8 Å². The second-order valence-corrected chi connectivity index (χ2v) is 6.07. The molecule has 0 unspecified atom stereocenters. The van der Waals surface area contributed by atoms with Crippen LogP contribution in [0, 0.1) is 12.7 Å². The second-order valence-electron chi connectivity index (χ2n) is 6.07. The number of para-hydroxylation sites is 1. The first-order chi connectivity index (χ1) is 11.5. The van der Waals surface area contributed by atoms with Gasteiger partial charge in [0.15, 0.2) is 0 Å². The minimum atomic E-state index is -0.255. The zero-order valence-electron chi connectivity index (χ0n) is 14.1. The number of amides is 1. The van der Waals surface area contributed by atoms with Gasteiger partial charge in [0.2, 0.25) is 5.91 Å². The van der Waals surface area contributed by atoms with E-state index in [9.17, 15) is 9.18 Å². The summed E-state index contributed by atoms with van der Waals surface area (Å²) in [5, 5.41) is 0. The normalized spacial score (nSPS) is 14.5. The largest absolute Gasteiger partial charge is 0.496 e. The Hall–Kier alpha value is -2.62. The van der Waals surface area contributed by atoms with Crippen molar-refractivity contribution in [1.29, 1.82) is 0 Å². The molecule has 1 aliphatic heterocycles. The Balaban J connectivity index is 2.05.